The van der Waals surface area contributed by atoms with Crippen molar-refractivity contribution >= 4 is 23.6 Å². The Labute approximate surface area is 111 Å². The van der Waals surface area contributed by atoms with Crippen LogP contribution in [0.15, 0.2) is 0 Å². The first-order valence-electron chi connectivity index (χ1n) is 6.44. The van der Waals surface area contributed by atoms with Gasteiger partial charge in [0.1, 0.15) is 6.10 Å². The Hall–Kier alpha value is -0.750. The molecule has 0 spiro atoms. The van der Waals surface area contributed by atoms with Gasteiger partial charge < -0.3 is 15.2 Å². The van der Waals surface area contributed by atoms with Crippen molar-refractivity contribution in [1.29, 1.82) is 0 Å². The zero-order chi connectivity index (χ0) is 13.0. The number of hydrogen-bond acceptors (Lipinski definition) is 4. The average Bonchev–Trinajstić information content (AvgIpc) is 2.87. The fourth-order valence-electron chi connectivity index (χ4n) is 2.31. The number of amides is 1. The van der Waals surface area contributed by atoms with E-state index in [2.05, 4.69) is 5.32 Å². The molecule has 1 amide bonds. The normalized spacial score (nSPS) is 32.1. The van der Waals surface area contributed by atoms with Crippen LogP contribution in [0.2, 0.25) is 0 Å². The Kier molecular flexibility index (Phi) is 4.88. The third-order valence-electron chi connectivity index (χ3n) is 3.37. The maximum absolute atomic E-state index is 11.8. The smallest absolute Gasteiger partial charge is 0.332 e. The fraction of sp³-hybridized carbons (Fsp3) is 0.833. The van der Waals surface area contributed by atoms with E-state index in [4.69, 9.17) is 9.84 Å². The van der Waals surface area contributed by atoms with Crippen LogP contribution >= 0.6 is 11.8 Å². The third-order valence-corrected chi connectivity index (χ3v) is 4.76. The molecule has 2 aliphatic rings. The summed E-state index contributed by atoms with van der Waals surface area (Å²) in [5, 5.41) is 12.2. The van der Waals surface area contributed by atoms with Gasteiger partial charge in [-0.1, -0.05) is 6.42 Å². The molecule has 2 aliphatic heterocycles. The van der Waals surface area contributed by atoms with Crippen molar-refractivity contribution in [2.45, 2.75) is 49.6 Å². The number of hydrogen-bond donors (Lipinski definition) is 2. The van der Waals surface area contributed by atoms with Crippen LogP contribution in [0, 0.1) is 0 Å². The minimum atomic E-state index is -0.979. The predicted molar refractivity (Wildman–Crippen MR) is 68.6 cm³/mol. The van der Waals surface area contributed by atoms with E-state index >= 15 is 0 Å². The third kappa shape index (κ3) is 3.62. The largest absolute Gasteiger partial charge is 0.479 e. The molecule has 0 bridgehead atoms. The lowest BCUT2D eigenvalue weighted by atomic mass is 10.1. The molecule has 0 aromatic heterocycles. The van der Waals surface area contributed by atoms with E-state index in [-0.39, 0.29) is 5.91 Å². The number of aliphatic carboxylic acids is 1. The Morgan fingerprint density at radius 2 is 2.00 bits per heavy atom. The maximum atomic E-state index is 11.8. The summed E-state index contributed by atoms with van der Waals surface area (Å²) in [4.78, 5) is 22.5. The highest BCUT2D eigenvalue weighted by atomic mass is 32.2. The first kappa shape index (κ1) is 13.7. The van der Waals surface area contributed by atoms with Gasteiger partial charge in [-0.15, -0.1) is 0 Å². The molecule has 6 heteroatoms. The van der Waals surface area contributed by atoms with Crippen LogP contribution in [0.3, 0.4) is 0 Å². The lowest BCUT2D eigenvalue weighted by Gasteiger charge is -2.22. The molecule has 2 saturated heterocycles. The summed E-state index contributed by atoms with van der Waals surface area (Å²) in [5.41, 5.74) is 0. The van der Waals surface area contributed by atoms with Gasteiger partial charge in [0.2, 0.25) is 5.91 Å². The van der Waals surface area contributed by atoms with E-state index < -0.39 is 18.2 Å². The van der Waals surface area contributed by atoms with Crippen LogP contribution in [0.5, 0.6) is 0 Å². The second-order valence-electron chi connectivity index (χ2n) is 4.76. The number of thioether (sulfide) groups is 1. The summed E-state index contributed by atoms with van der Waals surface area (Å²) in [6.45, 7) is 0.668. The van der Waals surface area contributed by atoms with Gasteiger partial charge in [-0.25, -0.2) is 4.79 Å². The van der Waals surface area contributed by atoms with E-state index in [0.717, 1.165) is 6.42 Å². The molecule has 18 heavy (non-hydrogen) atoms. The van der Waals surface area contributed by atoms with Crippen LogP contribution in [0.1, 0.15) is 32.1 Å². The quantitative estimate of drug-likeness (QED) is 0.800. The fourth-order valence-corrected chi connectivity index (χ4v) is 3.55. The minimum Gasteiger partial charge on any atom is -0.479 e. The Morgan fingerprint density at radius 1 is 1.22 bits per heavy atom. The molecule has 2 fully saturated rings. The van der Waals surface area contributed by atoms with Gasteiger partial charge >= 0.3 is 5.97 Å². The Bertz CT molecular complexity index is 317. The van der Waals surface area contributed by atoms with Crippen molar-refractivity contribution < 1.29 is 19.4 Å². The first-order valence-corrected chi connectivity index (χ1v) is 7.49. The van der Waals surface area contributed by atoms with Gasteiger partial charge in [0.15, 0.2) is 6.10 Å². The summed E-state index contributed by atoms with van der Waals surface area (Å²) >= 11 is 1.90. The van der Waals surface area contributed by atoms with Crippen molar-refractivity contribution in [3.8, 4) is 0 Å². The Balaban J connectivity index is 1.70. The molecule has 3 atom stereocenters. The molecule has 0 aromatic rings. The van der Waals surface area contributed by atoms with Gasteiger partial charge in [0, 0.05) is 11.8 Å². The molecule has 2 heterocycles. The molecule has 102 valence electrons. The van der Waals surface area contributed by atoms with Gasteiger partial charge in [-0.3, -0.25) is 4.79 Å². The topological polar surface area (TPSA) is 75.6 Å². The van der Waals surface area contributed by atoms with E-state index in [1.54, 1.807) is 0 Å². The van der Waals surface area contributed by atoms with E-state index in [1.807, 2.05) is 11.8 Å². The number of nitrogens with one attached hydrogen (secondary N) is 1. The average molecular weight is 273 g/mol. The molecular weight excluding hydrogens is 254 g/mol. The standard InChI is InChI=1S/C12H19NO4S/c14-11(9-4-5-10(17-9)12(15)16)13-7-8-3-1-2-6-18-8/h8-10H,1-7H2,(H,13,14)(H,15,16)/t8?,9-,10+/m0/s1. The number of ether oxygens (including phenoxy) is 1. The zero-order valence-electron chi connectivity index (χ0n) is 10.3. The number of carboxylic acids is 1. The molecule has 0 saturated carbocycles. The second-order valence-corrected chi connectivity index (χ2v) is 6.17. The van der Waals surface area contributed by atoms with Crippen LogP contribution in [-0.4, -0.2) is 46.7 Å². The second kappa shape index (κ2) is 6.43. The van der Waals surface area contributed by atoms with E-state index in [0.29, 0.717) is 24.6 Å². The molecular formula is C12H19NO4S. The van der Waals surface area contributed by atoms with Crippen LogP contribution < -0.4 is 5.32 Å². The number of carbonyl (C=O) groups is 2. The molecule has 2 rings (SSSR count). The van der Waals surface area contributed by atoms with E-state index in [1.165, 1.54) is 18.6 Å². The molecule has 1 unspecified atom stereocenters. The molecule has 0 radical (unpaired) electrons. The van der Waals surface area contributed by atoms with Crippen LogP contribution in [0.4, 0.5) is 0 Å². The molecule has 0 aromatic carbocycles. The van der Waals surface area contributed by atoms with Crippen molar-refractivity contribution in [2.75, 3.05) is 12.3 Å². The molecule has 0 aliphatic carbocycles. The summed E-state index contributed by atoms with van der Waals surface area (Å²) < 4.78 is 5.21. The SMILES string of the molecule is O=C(NCC1CCCCS1)[C@@H]1CC[C@H](C(=O)O)O1. The van der Waals surface area contributed by atoms with Crippen LogP contribution in [-0.2, 0) is 14.3 Å². The lowest BCUT2D eigenvalue weighted by molar-refractivity contribution is -0.151. The summed E-state index contributed by atoms with van der Waals surface area (Å²) in [5.74, 6) is 0.0275. The maximum Gasteiger partial charge on any atom is 0.332 e. The van der Waals surface area contributed by atoms with E-state index in [9.17, 15) is 9.59 Å². The summed E-state index contributed by atoms with van der Waals surface area (Å²) in [6, 6.07) is 0. The number of rotatable bonds is 4. The first-order chi connectivity index (χ1) is 8.66. The Morgan fingerprint density at radius 3 is 2.61 bits per heavy atom. The lowest BCUT2D eigenvalue weighted by Crippen LogP contribution is -2.39. The van der Waals surface area contributed by atoms with Gasteiger partial charge in [-0.05, 0) is 31.4 Å². The number of carboxylic acid groups (broad SMARTS) is 1. The number of carbonyl (C=O) groups excluding carboxylic acids is 1. The van der Waals surface area contributed by atoms with Gasteiger partial charge in [0.25, 0.3) is 0 Å². The van der Waals surface area contributed by atoms with Crippen molar-refractivity contribution in [3.63, 3.8) is 0 Å². The summed E-state index contributed by atoms with van der Waals surface area (Å²) in [7, 11) is 0. The summed E-state index contributed by atoms with van der Waals surface area (Å²) in [6.07, 6.45) is 3.17. The molecule has 2 N–H and O–H groups in total. The molecule has 5 nitrogen and oxygen atoms in total. The monoisotopic (exact) mass is 273 g/mol. The van der Waals surface area contributed by atoms with Crippen LogP contribution in [0.25, 0.3) is 0 Å². The zero-order valence-corrected chi connectivity index (χ0v) is 11.1. The van der Waals surface area contributed by atoms with Crippen molar-refractivity contribution in [1.82, 2.24) is 5.32 Å². The highest BCUT2D eigenvalue weighted by Crippen LogP contribution is 2.24. The highest BCUT2D eigenvalue weighted by molar-refractivity contribution is 7.99. The van der Waals surface area contributed by atoms with Crippen molar-refractivity contribution in [3.05, 3.63) is 0 Å². The highest BCUT2D eigenvalue weighted by Gasteiger charge is 2.34. The minimum absolute atomic E-state index is 0.162. The van der Waals surface area contributed by atoms with Gasteiger partial charge in [0.05, 0.1) is 0 Å². The predicted octanol–water partition coefficient (Wildman–Crippen LogP) is 1.02. The van der Waals surface area contributed by atoms with Crippen molar-refractivity contribution in [2.24, 2.45) is 0 Å². The van der Waals surface area contributed by atoms with Gasteiger partial charge in [-0.2, -0.15) is 11.8 Å².